The third-order valence-electron chi connectivity index (χ3n) is 4.71. The third-order valence-corrected chi connectivity index (χ3v) is 5.41. The number of alkyl halides is 3. The van der Waals surface area contributed by atoms with Crippen molar-refractivity contribution >= 4 is 23.2 Å². The number of aromatic nitrogens is 2. The van der Waals surface area contributed by atoms with Crippen LogP contribution in [0.2, 0.25) is 0 Å². The molecule has 0 aliphatic carbocycles. The lowest BCUT2D eigenvalue weighted by Gasteiger charge is -2.17. The molecule has 6 nitrogen and oxygen atoms in total. The standard InChI is InChI=1S/C16H19F3N4O2S/c1-9-13(16(17,18)19)21-22(2)14(9)20-15(25)23-5-11(7-24)12(6-23)10-3-4-26-8-10/h3-4,8,11-12,24H,5-7H2,1-2H3,(H,20,25)/t11-,12-/m0/s1. The molecule has 10 heteroatoms. The van der Waals surface area contributed by atoms with Crippen LogP contribution in [0.3, 0.4) is 0 Å². The van der Waals surface area contributed by atoms with Gasteiger partial charge in [0.2, 0.25) is 0 Å². The number of likely N-dealkylation sites (tertiary alicyclic amines) is 1. The zero-order valence-electron chi connectivity index (χ0n) is 14.2. The number of hydrogen-bond acceptors (Lipinski definition) is 4. The summed E-state index contributed by atoms with van der Waals surface area (Å²) in [7, 11) is 1.35. The van der Waals surface area contributed by atoms with E-state index in [0.29, 0.717) is 13.1 Å². The number of thiophene rings is 1. The molecule has 26 heavy (non-hydrogen) atoms. The van der Waals surface area contributed by atoms with Crippen LogP contribution in [0.25, 0.3) is 0 Å². The second kappa shape index (κ2) is 6.92. The number of carbonyl (C=O) groups excluding carboxylic acids is 1. The van der Waals surface area contributed by atoms with Crippen LogP contribution in [0.15, 0.2) is 16.8 Å². The summed E-state index contributed by atoms with van der Waals surface area (Å²) in [5.41, 5.74) is -0.0813. The van der Waals surface area contributed by atoms with E-state index < -0.39 is 17.9 Å². The normalized spacial score (nSPS) is 20.6. The van der Waals surface area contributed by atoms with Crippen molar-refractivity contribution in [2.75, 3.05) is 25.0 Å². The predicted molar refractivity (Wildman–Crippen MR) is 91.2 cm³/mol. The molecular formula is C16H19F3N4O2S. The van der Waals surface area contributed by atoms with Gasteiger partial charge in [0.25, 0.3) is 0 Å². The second-order valence-corrected chi connectivity index (χ2v) is 7.16. The predicted octanol–water partition coefficient (Wildman–Crippen LogP) is 3.05. The average molecular weight is 388 g/mol. The molecule has 0 aromatic carbocycles. The van der Waals surface area contributed by atoms with Crippen LogP contribution in [0.4, 0.5) is 23.8 Å². The topological polar surface area (TPSA) is 70.4 Å². The molecule has 2 atom stereocenters. The van der Waals surface area contributed by atoms with Crippen LogP contribution in [-0.4, -0.2) is 45.5 Å². The first-order valence-electron chi connectivity index (χ1n) is 8.02. The van der Waals surface area contributed by atoms with Gasteiger partial charge in [-0.3, -0.25) is 10.00 Å². The maximum atomic E-state index is 13.0. The van der Waals surface area contributed by atoms with Gasteiger partial charge in [0.05, 0.1) is 0 Å². The van der Waals surface area contributed by atoms with Crippen molar-refractivity contribution in [3.63, 3.8) is 0 Å². The van der Waals surface area contributed by atoms with Gasteiger partial charge >= 0.3 is 12.2 Å². The van der Waals surface area contributed by atoms with Gasteiger partial charge in [0, 0.05) is 44.1 Å². The SMILES string of the molecule is Cc1c(C(F)(F)F)nn(C)c1NC(=O)N1C[C@@H](CO)[C@H](c2ccsc2)C1. The molecule has 1 saturated heterocycles. The summed E-state index contributed by atoms with van der Waals surface area (Å²) in [6.45, 7) is 1.95. The Kier molecular flexibility index (Phi) is 4.98. The highest BCUT2D eigenvalue weighted by atomic mass is 32.1. The van der Waals surface area contributed by atoms with Crippen LogP contribution in [-0.2, 0) is 13.2 Å². The van der Waals surface area contributed by atoms with Crippen molar-refractivity contribution in [3.05, 3.63) is 33.6 Å². The first-order valence-corrected chi connectivity index (χ1v) is 8.96. The number of nitrogens with one attached hydrogen (secondary N) is 1. The fraction of sp³-hybridized carbons (Fsp3) is 0.500. The minimum atomic E-state index is -4.58. The summed E-state index contributed by atoms with van der Waals surface area (Å²) in [5.74, 6) is -0.0778. The van der Waals surface area contributed by atoms with E-state index in [1.54, 1.807) is 11.3 Å². The highest BCUT2D eigenvalue weighted by Gasteiger charge is 2.39. The number of halogens is 3. The Labute approximate surface area is 152 Å². The van der Waals surface area contributed by atoms with Gasteiger partial charge in [-0.1, -0.05) is 0 Å². The Morgan fingerprint density at radius 3 is 2.73 bits per heavy atom. The number of amides is 2. The van der Waals surface area contributed by atoms with E-state index in [9.17, 15) is 23.1 Å². The van der Waals surface area contributed by atoms with Gasteiger partial charge < -0.3 is 10.0 Å². The number of rotatable bonds is 3. The molecule has 142 valence electrons. The Morgan fingerprint density at radius 1 is 1.46 bits per heavy atom. The minimum absolute atomic E-state index is 0.00960. The van der Waals surface area contributed by atoms with Gasteiger partial charge in [0.15, 0.2) is 5.69 Å². The van der Waals surface area contributed by atoms with Gasteiger partial charge in [-0.05, 0) is 29.3 Å². The Balaban J connectivity index is 1.76. The largest absolute Gasteiger partial charge is 0.435 e. The maximum absolute atomic E-state index is 13.0. The molecule has 0 radical (unpaired) electrons. The minimum Gasteiger partial charge on any atom is -0.396 e. The monoisotopic (exact) mass is 388 g/mol. The molecule has 0 bridgehead atoms. The smallest absolute Gasteiger partial charge is 0.396 e. The lowest BCUT2D eigenvalue weighted by atomic mass is 9.92. The zero-order valence-corrected chi connectivity index (χ0v) is 15.1. The number of carbonyl (C=O) groups is 1. The van der Waals surface area contributed by atoms with Gasteiger partial charge in [-0.2, -0.15) is 29.6 Å². The molecule has 2 aromatic heterocycles. The molecule has 1 fully saturated rings. The summed E-state index contributed by atoms with van der Waals surface area (Å²) in [6, 6.07) is 1.46. The molecule has 0 unspecified atom stereocenters. The first-order chi connectivity index (χ1) is 12.2. The third kappa shape index (κ3) is 3.43. The Hall–Kier alpha value is -2.07. The van der Waals surface area contributed by atoms with Crippen LogP contribution in [0.1, 0.15) is 22.7 Å². The van der Waals surface area contributed by atoms with E-state index in [4.69, 9.17) is 0 Å². The van der Waals surface area contributed by atoms with Crippen LogP contribution in [0.5, 0.6) is 0 Å². The van der Waals surface area contributed by atoms with E-state index in [2.05, 4.69) is 10.4 Å². The fourth-order valence-corrected chi connectivity index (χ4v) is 4.06. The molecule has 2 N–H and O–H groups in total. The summed E-state index contributed by atoms with van der Waals surface area (Å²) >= 11 is 1.54. The second-order valence-electron chi connectivity index (χ2n) is 6.38. The van der Waals surface area contributed by atoms with Crippen molar-refractivity contribution in [2.24, 2.45) is 13.0 Å². The van der Waals surface area contributed by atoms with Crippen molar-refractivity contribution in [2.45, 2.75) is 19.0 Å². The maximum Gasteiger partial charge on any atom is 0.435 e. The van der Waals surface area contributed by atoms with Crippen molar-refractivity contribution < 1.29 is 23.1 Å². The Bertz CT molecular complexity index is 788. The van der Waals surface area contributed by atoms with Gasteiger partial charge in [-0.15, -0.1) is 0 Å². The molecule has 3 rings (SSSR count). The summed E-state index contributed by atoms with van der Waals surface area (Å²) in [4.78, 5) is 14.1. The molecule has 0 spiro atoms. The van der Waals surface area contributed by atoms with E-state index in [1.165, 1.54) is 18.9 Å². The molecule has 2 aromatic rings. The fourth-order valence-electron chi connectivity index (χ4n) is 3.34. The number of anilines is 1. The highest BCUT2D eigenvalue weighted by Crippen LogP contribution is 2.35. The van der Waals surface area contributed by atoms with Crippen molar-refractivity contribution in [3.8, 4) is 0 Å². The number of urea groups is 1. The number of hydrogen-bond donors (Lipinski definition) is 2. The van der Waals surface area contributed by atoms with E-state index in [0.717, 1.165) is 10.2 Å². The lowest BCUT2D eigenvalue weighted by Crippen LogP contribution is -2.34. The molecule has 0 saturated carbocycles. The molecule has 1 aliphatic heterocycles. The number of aliphatic hydroxyl groups excluding tert-OH is 1. The van der Waals surface area contributed by atoms with E-state index in [1.807, 2.05) is 16.8 Å². The molecule has 1 aliphatic rings. The summed E-state index contributed by atoms with van der Waals surface area (Å²) < 4.78 is 39.9. The summed E-state index contributed by atoms with van der Waals surface area (Å²) in [6.07, 6.45) is -4.58. The Morgan fingerprint density at radius 2 is 2.19 bits per heavy atom. The van der Waals surface area contributed by atoms with Gasteiger partial charge in [0.1, 0.15) is 5.82 Å². The molecular weight excluding hydrogens is 369 g/mol. The lowest BCUT2D eigenvalue weighted by molar-refractivity contribution is -0.141. The number of aliphatic hydroxyl groups is 1. The quantitative estimate of drug-likeness (QED) is 0.849. The van der Waals surface area contributed by atoms with E-state index >= 15 is 0 Å². The number of nitrogens with zero attached hydrogens (tertiary/aromatic N) is 3. The van der Waals surface area contributed by atoms with Crippen molar-refractivity contribution in [1.29, 1.82) is 0 Å². The average Bonchev–Trinajstić information content (AvgIpc) is 3.28. The van der Waals surface area contributed by atoms with Crippen molar-refractivity contribution in [1.82, 2.24) is 14.7 Å². The molecule has 3 heterocycles. The van der Waals surface area contributed by atoms with Crippen LogP contribution in [0, 0.1) is 12.8 Å². The zero-order chi connectivity index (χ0) is 19.1. The van der Waals surface area contributed by atoms with Gasteiger partial charge in [-0.25, -0.2) is 4.79 Å². The highest BCUT2D eigenvalue weighted by molar-refractivity contribution is 7.08. The van der Waals surface area contributed by atoms with E-state index in [-0.39, 0.29) is 29.8 Å². The van der Waals surface area contributed by atoms with Crippen LogP contribution < -0.4 is 5.32 Å². The first kappa shape index (κ1) is 18.7. The van der Waals surface area contributed by atoms with Crippen LogP contribution >= 0.6 is 11.3 Å². The molecule has 2 amide bonds. The summed E-state index contributed by atoms with van der Waals surface area (Å²) in [5, 5.41) is 19.5. The number of aryl methyl sites for hydroxylation is 1.